The van der Waals surface area contributed by atoms with Gasteiger partial charge in [0.25, 0.3) is 5.91 Å². The van der Waals surface area contributed by atoms with Crippen molar-refractivity contribution in [1.29, 1.82) is 0 Å². The van der Waals surface area contributed by atoms with Crippen molar-refractivity contribution in [3.05, 3.63) is 29.3 Å². The van der Waals surface area contributed by atoms with Crippen LogP contribution < -0.4 is 10.1 Å². The van der Waals surface area contributed by atoms with Gasteiger partial charge in [0, 0.05) is 19.6 Å². The zero-order valence-corrected chi connectivity index (χ0v) is 9.19. The van der Waals surface area contributed by atoms with Gasteiger partial charge in [-0.25, -0.2) is 0 Å². The monoisotopic (exact) mass is 218 g/mol. The van der Waals surface area contributed by atoms with Crippen molar-refractivity contribution in [3.8, 4) is 5.75 Å². The van der Waals surface area contributed by atoms with E-state index in [1.54, 1.807) is 7.11 Å². The first kappa shape index (κ1) is 9.66. The van der Waals surface area contributed by atoms with Crippen LogP contribution >= 0.6 is 0 Å². The third-order valence-corrected chi connectivity index (χ3v) is 3.36. The van der Waals surface area contributed by atoms with E-state index in [1.807, 2.05) is 23.1 Å². The van der Waals surface area contributed by atoms with Crippen molar-refractivity contribution in [2.45, 2.75) is 6.04 Å². The number of amides is 1. The zero-order chi connectivity index (χ0) is 11.1. The van der Waals surface area contributed by atoms with Crippen molar-refractivity contribution < 1.29 is 9.53 Å². The molecule has 1 atom stereocenters. The average molecular weight is 218 g/mol. The van der Waals surface area contributed by atoms with Crippen LogP contribution in [0.4, 0.5) is 0 Å². The van der Waals surface area contributed by atoms with Gasteiger partial charge in [0.2, 0.25) is 0 Å². The number of rotatable bonds is 1. The number of hydrogen-bond donors (Lipinski definition) is 1. The summed E-state index contributed by atoms with van der Waals surface area (Å²) in [6, 6.07) is 6.00. The summed E-state index contributed by atoms with van der Waals surface area (Å²) >= 11 is 0. The molecule has 1 N–H and O–H groups in total. The number of nitrogens with one attached hydrogen (secondary N) is 1. The van der Waals surface area contributed by atoms with E-state index in [9.17, 15) is 4.79 Å². The van der Waals surface area contributed by atoms with Crippen LogP contribution in [0.2, 0.25) is 0 Å². The van der Waals surface area contributed by atoms with E-state index in [4.69, 9.17) is 4.74 Å². The molecule has 2 heterocycles. The van der Waals surface area contributed by atoms with Crippen LogP contribution in [0.1, 0.15) is 22.0 Å². The Morgan fingerprint density at radius 1 is 1.50 bits per heavy atom. The van der Waals surface area contributed by atoms with E-state index in [1.165, 1.54) is 0 Å². The predicted molar refractivity (Wildman–Crippen MR) is 59.6 cm³/mol. The molecule has 84 valence electrons. The third kappa shape index (κ3) is 1.16. The van der Waals surface area contributed by atoms with Gasteiger partial charge in [-0.2, -0.15) is 0 Å². The minimum atomic E-state index is 0.110. The Balaban J connectivity index is 2.13. The van der Waals surface area contributed by atoms with Crippen LogP contribution in [0.5, 0.6) is 5.75 Å². The predicted octanol–water partition coefficient (Wildman–Crippen LogP) is 0.795. The highest BCUT2D eigenvalue weighted by molar-refractivity contribution is 6.01. The molecule has 1 aromatic rings. The molecule has 1 aromatic carbocycles. The quantitative estimate of drug-likeness (QED) is 0.758. The number of fused-ring (bicyclic) bond motifs is 3. The van der Waals surface area contributed by atoms with E-state index in [2.05, 4.69) is 5.32 Å². The number of nitrogens with zero attached hydrogens (tertiary/aromatic N) is 1. The third-order valence-electron chi connectivity index (χ3n) is 3.36. The minimum absolute atomic E-state index is 0.110. The van der Waals surface area contributed by atoms with Crippen LogP contribution in [0.15, 0.2) is 18.2 Å². The van der Waals surface area contributed by atoms with Gasteiger partial charge in [-0.15, -0.1) is 0 Å². The van der Waals surface area contributed by atoms with E-state index in [-0.39, 0.29) is 11.9 Å². The molecule has 0 spiro atoms. The molecule has 16 heavy (non-hydrogen) atoms. The summed E-state index contributed by atoms with van der Waals surface area (Å²) in [5, 5.41) is 3.32. The number of methoxy groups -OCH3 is 1. The number of carbonyl (C=O) groups excluding carboxylic acids is 1. The van der Waals surface area contributed by atoms with Crippen molar-refractivity contribution in [2.24, 2.45) is 0 Å². The highest BCUT2D eigenvalue weighted by Gasteiger charge is 2.39. The Bertz CT molecular complexity index is 445. The Hall–Kier alpha value is -1.55. The van der Waals surface area contributed by atoms with Crippen molar-refractivity contribution in [3.63, 3.8) is 0 Å². The largest absolute Gasteiger partial charge is 0.496 e. The number of benzene rings is 1. The van der Waals surface area contributed by atoms with E-state index < -0.39 is 0 Å². The second-order valence-corrected chi connectivity index (χ2v) is 4.14. The van der Waals surface area contributed by atoms with Gasteiger partial charge < -0.3 is 15.0 Å². The molecule has 0 bridgehead atoms. The molecule has 0 aliphatic carbocycles. The van der Waals surface area contributed by atoms with Crippen LogP contribution in [0.25, 0.3) is 0 Å². The SMILES string of the molecule is COc1cccc2c1C(=O)N1CCNC[C@H]21. The lowest BCUT2D eigenvalue weighted by atomic mass is 10.0. The molecule has 0 unspecified atom stereocenters. The molecule has 0 radical (unpaired) electrons. The topological polar surface area (TPSA) is 41.6 Å². The minimum Gasteiger partial charge on any atom is -0.496 e. The van der Waals surface area contributed by atoms with Gasteiger partial charge in [-0.3, -0.25) is 4.79 Å². The molecule has 0 saturated carbocycles. The summed E-state index contributed by atoms with van der Waals surface area (Å²) in [5.74, 6) is 0.802. The van der Waals surface area contributed by atoms with Crippen LogP contribution in [-0.2, 0) is 0 Å². The van der Waals surface area contributed by atoms with Gasteiger partial charge in [-0.1, -0.05) is 12.1 Å². The Kier molecular flexibility index (Phi) is 2.11. The number of hydrogen-bond acceptors (Lipinski definition) is 3. The van der Waals surface area contributed by atoms with Gasteiger partial charge in [0.05, 0.1) is 18.7 Å². The number of ether oxygens (including phenoxy) is 1. The summed E-state index contributed by atoms with van der Waals surface area (Å²) in [5.41, 5.74) is 1.84. The van der Waals surface area contributed by atoms with E-state index in [0.717, 1.165) is 30.8 Å². The van der Waals surface area contributed by atoms with Crippen molar-refractivity contribution in [2.75, 3.05) is 26.7 Å². The normalized spacial score (nSPS) is 22.9. The standard InChI is InChI=1S/C12H14N2O2/c1-16-10-4-2-3-8-9-7-13-5-6-14(9)12(15)11(8)10/h2-4,9,13H,5-7H2,1H3/t9-/m1/s1. The van der Waals surface area contributed by atoms with Gasteiger partial charge in [0.1, 0.15) is 5.75 Å². The fraction of sp³-hybridized carbons (Fsp3) is 0.417. The van der Waals surface area contributed by atoms with Gasteiger partial charge in [-0.05, 0) is 11.6 Å². The highest BCUT2D eigenvalue weighted by atomic mass is 16.5. The molecule has 3 rings (SSSR count). The lowest BCUT2D eigenvalue weighted by Crippen LogP contribution is -2.44. The molecule has 2 aliphatic heterocycles. The fourth-order valence-electron chi connectivity index (χ4n) is 2.59. The fourth-order valence-corrected chi connectivity index (χ4v) is 2.59. The van der Waals surface area contributed by atoms with Crippen LogP contribution in [-0.4, -0.2) is 37.6 Å². The first-order valence-corrected chi connectivity index (χ1v) is 5.51. The maximum atomic E-state index is 12.2. The second-order valence-electron chi connectivity index (χ2n) is 4.14. The molecule has 1 amide bonds. The summed E-state index contributed by atoms with van der Waals surface area (Å²) in [7, 11) is 1.61. The Morgan fingerprint density at radius 3 is 3.19 bits per heavy atom. The molecule has 4 nitrogen and oxygen atoms in total. The van der Waals surface area contributed by atoms with E-state index >= 15 is 0 Å². The zero-order valence-electron chi connectivity index (χ0n) is 9.19. The van der Waals surface area contributed by atoms with Gasteiger partial charge >= 0.3 is 0 Å². The maximum Gasteiger partial charge on any atom is 0.258 e. The average Bonchev–Trinajstić information content (AvgIpc) is 2.64. The smallest absolute Gasteiger partial charge is 0.258 e. The molecule has 4 heteroatoms. The lowest BCUT2D eigenvalue weighted by molar-refractivity contribution is 0.0689. The summed E-state index contributed by atoms with van der Waals surface area (Å²) in [4.78, 5) is 14.2. The molecule has 2 aliphatic rings. The maximum absolute atomic E-state index is 12.2. The van der Waals surface area contributed by atoms with Crippen LogP contribution in [0.3, 0.4) is 0 Å². The summed E-state index contributed by atoms with van der Waals surface area (Å²) in [6.07, 6.45) is 0. The first-order valence-electron chi connectivity index (χ1n) is 5.51. The Morgan fingerprint density at radius 2 is 2.38 bits per heavy atom. The summed E-state index contributed by atoms with van der Waals surface area (Å²) in [6.45, 7) is 2.49. The second kappa shape index (κ2) is 3.49. The molecular formula is C12H14N2O2. The molecule has 1 saturated heterocycles. The first-order chi connectivity index (χ1) is 7.83. The molecule has 0 aromatic heterocycles. The van der Waals surface area contributed by atoms with Crippen LogP contribution in [0, 0.1) is 0 Å². The van der Waals surface area contributed by atoms with Crippen molar-refractivity contribution in [1.82, 2.24) is 10.2 Å². The molecule has 1 fully saturated rings. The lowest BCUT2D eigenvalue weighted by Gasteiger charge is -2.30. The summed E-state index contributed by atoms with van der Waals surface area (Å²) < 4.78 is 5.27. The number of carbonyl (C=O) groups is 1. The Labute approximate surface area is 94.2 Å². The highest BCUT2D eigenvalue weighted by Crippen LogP contribution is 2.38. The van der Waals surface area contributed by atoms with Gasteiger partial charge in [0.15, 0.2) is 0 Å². The van der Waals surface area contributed by atoms with Crippen molar-refractivity contribution >= 4 is 5.91 Å². The number of piperazine rings is 1. The van der Waals surface area contributed by atoms with E-state index in [0.29, 0.717) is 5.75 Å². The molecular weight excluding hydrogens is 204 g/mol.